The third-order valence-electron chi connectivity index (χ3n) is 4.19. The minimum Gasteiger partial charge on any atom is -0.396 e. The maximum atomic E-state index is 12.4. The molecule has 1 fully saturated rings. The van der Waals surface area contributed by atoms with Gasteiger partial charge < -0.3 is 15.3 Å². The average Bonchev–Trinajstić information content (AvgIpc) is 3.05. The lowest BCUT2D eigenvalue weighted by Crippen LogP contribution is -2.28. The van der Waals surface area contributed by atoms with Crippen molar-refractivity contribution in [2.45, 2.75) is 25.9 Å². The van der Waals surface area contributed by atoms with E-state index in [2.05, 4.69) is 11.4 Å². The highest BCUT2D eigenvalue weighted by molar-refractivity contribution is 5.94. The van der Waals surface area contributed by atoms with Crippen molar-refractivity contribution in [2.75, 3.05) is 19.7 Å². The smallest absolute Gasteiger partial charge is 0.253 e. The van der Waals surface area contributed by atoms with Gasteiger partial charge in [0.1, 0.15) is 0 Å². The highest BCUT2D eigenvalue weighted by atomic mass is 16.3. The van der Waals surface area contributed by atoms with E-state index < -0.39 is 0 Å². The van der Waals surface area contributed by atoms with Gasteiger partial charge in [0.05, 0.1) is 0 Å². The van der Waals surface area contributed by atoms with Crippen LogP contribution in [0.3, 0.4) is 0 Å². The van der Waals surface area contributed by atoms with Gasteiger partial charge >= 0.3 is 0 Å². The molecule has 1 amide bonds. The first kappa shape index (κ1) is 12.6. The van der Waals surface area contributed by atoms with Gasteiger partial charge in [0, 0.05) is 38.3 Å². The standard InChI is InChI=1S/C15H20N2O2/c18-6-4-11-3-5-17(10-11)15(19)12-1-2-13-8-16-9-14(13)7-12/h1-2,7,11,16,18H,3-6,8-10H2. The van der Waals surface area contributed by atoms with Crippen molar-refractivity contribution in [1.29, 1.82) is 0 Å². The largest absolute Gasteiger partial charge is 0.396 e. The van der Waals surface area contributed by atoms with Crippen LogP contribution in [0.5, 0.6) is 0 Å². The summed E-state index contributed by atoms with van der Waals surface area (Å²) in [6.45, 7) is 3.60. The van der Waals surface area contributed by atoms with E-state index in [1.807, 2.05) is 17.0 Å². The van der Waals surface area contributed by atoms with Crippen LogP contribution in [-0.2, 0) is 13.1 Å². The summed E-state index contributed by atoms with van der Waals surface area (Å²) >= 11 is 0. The Morgan fingerprint density at radius 2 is 2.21 bits per heavy atom. The van der Waals surface area contributed by atoms with Crippen LogP contribution < -0.4 is 5.32 Å². The lowest BCUT2D eigenvalue weighted by molar-refractivity contribution is 0.0784. The van der Waals surface area contributed by atoms with E-state index in [0.29, 0.717) is 5.92 Å². The SMILES string of the molecule is O=C(c1ccc2c(c1)CNC2)N1CCC(CCO)C1. The molecule has 19 heavy (non-hydrogen) atoms. The number of amides is 1. The molecule has 1 aromatic carbocycles. The van der Waals surface area contributed by atoms with Gasteiger partial charge in [-0.15, -0.1) is 0 Å². The van der Waals surface area contributed by atoms with Crippen molar-refractivity contribution in [3.05, 3.63) is 34.9 Å². The number of nitrogens with zero attached hydrogens (tertiary/aromatic N) is 1. The van der Waals surface area contributed by atoms with E-state index in [0.717, 1.165) is 44.6 Å². The molecule has 4 nitrogen and oxygen atoms in total. The summed E-state index contributed by atoms with van der Waals surface area (Å²) in [6.07, 6.45) is 1.82. The number of nitrogens with one attached hydrogen (secondary N) is 1. The van der Waals surface area contributed by atoms with Crippen LogP contribution in [0.4, 0.5) is 0 Å². The van der Waals surface area contributed by atoms with E-state index in [9.17, 15) is 4.79 Å². The van der Waals surface area contributed by atoms with Gasteiger partial charge in [-0.3, -0.25) is 4.79 Å². The Morgan fingerprint density at radius 3 is 3.05 bits per heavy atom. The van der Waals surface area contributed by atoms with Crippen LogP contribution >= 0.6 is 0 Å². The van der Waals surface area contributed by atoms with Crippen LogP contribution in [-0.4, -0.2) is 35.6 Å². The van der Waals surface area contributed by atoms with E-state index >= 15 is 0 Å². The highest BCUT2D eigenvalue weighted by Gasteiger charge is 2.27. The first-order chi connectivity index (χ1) is 9.28. The van der Waals surface area contributed by atoms with Crippen LogP contribution in [0.15, 0.2) is 18.2 Å². The van der Waals surface area contributed by atoms with Gasteiger partial charge in [0.25, 0.3) is 5.91 Å². The maximum Gasteiger partial charge on any atom is 0.253 e. The molecule has 1 atom stereocenters. The van der Waals surface area contributed by atoms with E-state index in [4.69, 9.17) is 5.11 Å². The molecule has 1 aromatic rings. The number of rotatable bonds is 3. The number of likely N-dealkylation sites (tertiary alicyclic amines) is 1. The molecular weight excluding hydrogens is 240 g/mol. The fourth-order valence-electron chi connectivity index (χ4n) is 3.05. The number of aliphatic hydroxyl groups excluding tert-OH is 1. The van der Waals surface area contributed by atoms with Crippen molar-refractivity contribution in [2.24, 2.45) is 5.92 Å². The minimum atomic E-state index is 0.134. The van der Waals surface area contributed by atoms with E-state index in [1.54, 1.807) is 0 Å². The molecular formula is C15H20N2O2. The first-order valence-corrected chi connectivity index (χ1v) is 7.00. The van der Waals surface area contributed by atoms with Crippen LogP contribution in [0.25, 0.3) is 0 Å². The molecule has 2 aliphatic heterocycles. The molecule has 2 N–H and O–H groups in total. The Morgan fingerprint density at radius 1 is 1.37 bits per heavy atom. The zero-order chi connectivity index (χ0) is 13.2. The van der Waals surface area contributed by atoms with Gasteiger partial charge in [-0.1, -0.05) is 6.07 Å². The lowest BCUT2D eigenvalue weighted by atomic mass is 10.1. The molecule has 0 spiro atoms. The summed E-state index contributed by atoms with van der Waals surface area (Å²) in [6, 6.07) is 6.02. The quantitative estimate of drug-likeness (QED) is 0.856. The number of aliphatic hydroxyl groups is 1. The Bertz CT molecular complexity index is 487. The number of carbonyl (C=O) groups excluding carboxylic acids is 1. The van der Waals surface area contributed by atoms with Crippen LogP contribution in [0.1, 0.15) is 34.3 Å². The summed E-state index contributed by atoms with van der Waals surface area (Å²) in [7, 11) is 0. The second-order valence-corrected chi connectivity index (χ2v) is 5.51. The number of hydrogen-bond donors (Lipinski definition) is 2. The Balaban J connectivity index is 1.71. The topological polar surface area (TPSA) is 52.6 Å². The summed E-state index contributed by atoms with van der Waals surface area (Å²) in [5.74, 6) is 0.597. The fraction of sp³-hybridized carbons (Fsp3) is 0.533. The summed E-state index contributed by atoms with van der Waals surface area (Å²) < 4.78 is 0. The van der Waals surface area contributed by atoms with Gasteiger partial charge in [0.15, 0.2) is 0 Å². The van der Waals surface area contributed by atoms with Crippen LogP contribution in [0, 0.1) is 5.92 Å². The molecule has 0 radical (unpaired) electrons. The second-order valence-electron chi connectivity index (χ2n) is 5.51. The first-order valence-electron chi connectivity index (χ1n) is 7.00. The average molecular weight is 260 g/mol. The molecule has 2 aliphatic rings. The van der Waals surface area contributed by atoms with Gasteiger partial charge in [-0.05, 0) is 42.0 Å². The van der Waals surface area contributed by atoms with Crippen LogP contribution in [0.2, 0.25) is 0 Å². The van der Waals surface area contributed by atoms with E-state index in [-0.39, 0.29) is 12.5 Å². The zero-order valence-corrected chi connectivity index (χ0v) is 11.1. The summed E-state index contributed by atoms with van der Waals surface area (Å²) in [5.41, 5.74) is 3.35. The molecule has 3 rings (SSSR count). The zero-order valence-electron chi connectivity index (χ0n) is 11.1. The Kier molecular flexibility index (Phi) is 3.53. The molecule has 102 valence electrons. The maximum absolute atomic E-state index is 12.4. The Hall–Kier alpha value is -1.39. The molecule has 1 saturated heterocycles. The number of carbonyl (C=O) groups is 1. The molecule has 4 heteroatoms. The fourth-order valence-corrected chi connectivity index (χ4v) is 3.05. The van der Waals surface area contributed by atoms with Gasteiger partial charge in [-0.2, -0.15) is 0 Å². The monoisotopic (exact) mass is 260 g/mol. The van der Waals surface area contributed by atoms with Gasteiger partial charge in [0.2, 0.25) is 0 Å². The van der Waals surface area contributed by atoms with Crippen molar-refractivity contribution >= 4 is 5.91 Å². The Labute approximate surface area is 113 Å². The third-order valence-corrected chi connectivity index (χ3v) is 4.19. The molecule has 0 bridgehead atoms. The third kappa shape index (κ3) is 2.51. The lowest BCUT2D eigenvalue weighted by Gasteiger charge is -2.17. The minimum absolute atomic E-state index is 0.134. The molecule has 2 heterocycles. The molecule has 0 aromatic heterocycles. The summed E-state index contributed by atoms with van der Waals surface area (Å²) in [5, 5.41) is 12.3. The summed E-state index contributed by atoms with van der Waals surface area (Å²) in [4.78, 5) is 14.4. The van der Waals surface area contributed by atoms with Gasteiger partial charge in [-0.25, -0.2) is 0 Å². The predicted octanol–water partition coefficient (Wildman–Crippen LogP) is 1.13. The number of hydrogen-bond acceptors (Lipinski definition) is 3. The normalized spacial score (nSPS) is 21.7. The van der Waals surface area contributed by atoms with Crippen molar-refractivity contribution in [3.8, 4) is 0 Å². The molecule has 0 aliphatic carbocycles. The van der Waals surface area contributed by atoms with E-state index in [1.165, 1.54) is 11.1 Å². The predicted molar refractivity (Wildman–Crippen MR) is 72.7 cm³/mol. The van der Waals surface area contributed by atoms with Crippen molar-refractivity contribution in [3.63, 3.8) is 0 Å². The highest BCUT2D eigenvalue weighted by Crippen LogP contribution is 2.23. The van der Waals surface area contributed by atoms with Crippen molar-refractivity contribution in [1.82, 2.24) is 10.2 Å². The number of fused-ring (bicyclic) bond motifs is 1. The van der Waals surface area contributed by atoms with Crippen molar-refractivity contribution < 1.29 is 9.90 Å². The second kappa shape index (κ2) is 5.31. The molecule has 1 unspecified atom stereocenters. The number of benzene rings is 1. The molecule has 0 saturated carbocycles.